The highest BCUT2D eigenvalue weighted by atomic mass is 16.4. The third-order valence-corrected chi connectivity index (χ3v) is 3.77. The van der Waals surface area contributed by atoms with Crippen molar-refractivity contribution >= 4 is 11.9 Å². The number of amides is 1. The summed E-state index contributed by atoms with van der Waals surface area (Å²) >= 11 is 0. The molecular formula is C19H21NO3. The number of carboxylic acids is 1. The van der Waals surface area contributed by atoms with Crippen molar-refractivity contribution in [2.45, 2.75) is 26.8 Å². The van der Waals surface area contributed by atoms with Gasteiger partial charge < -0.3 is 10.4 Å². The molecule has 0 aliphatic carbocycles. The van der Waals surface area contributed by atoms with E-state index in [4.69, 9.17) is 0 Å². The second kappa shape index (κ2) is 7.09. The monoisotopic (exact) mass is 311 g/mol. The van der Waals surface area contributed by atoms with Gasteiger partial charge in [-0.05, 0) is 37.5 Å². The molecule has 120 valence electrons. The molecule has 0 saturated carbocycles. The second-order valence-electron chi connectivity index (χ2n) is 6.19. The fourth-order valence-corrected chi connectivity index (χ4v) is 2.32. The molecule has 0 spiro atoms. The molecule has 1 amide bonds. The molecule has 23 heavy (non-hydrogen) atoms. The van der Waals surface area contributed by atoms with Crippen LogP contribution in [-0.2, 0) is 17.8 Å². The van der Waals surface area contributed by atoms with E-state index in [0.29, 0.717) is 18.5 Å². The lowest BCUT2D eigenvalue weighted by Gasteiger charge is -2.20. The maximum Gasteiger partial charge on any atom is 0.309 e. The fraction of sp³-hybridized carbons (Fsp3) is 0.263. The fourth-order valence-electron chi connectivity index (χ4n) is 2.32. The van der Waals surface area contributed by atoms with Gasteiger partial charge in [0.25, 0.3) is 5.91 Å². The molecule has 4 nitrogen and oxygen atoms in total. The number of benzene rings is 2. The Hall–Kier alpha value is -2.62. The Kier molecular flexibility index (Phi) is 5.16. The predicted octanol–water partition coefficient (Wildman–Crippen LogP) is 3.27. The Morgan fingerprint density at radius 3 is 2.26 bits per heavy atom. The summed E-state index contributed by atoms with van der Waals surface area (Å²) in [6.07, 6.45) is 0.303. The maximum atomic E-state index is 12.4. The molecule has 0 aliphatic heterocycles. The zero-order valence-electron chi connectivity index (χ0n) is 13.4. The highest BCUT2D eigenvalue weighted by Crippen LogP contribution is 2.24. The summed E-state index contributed by atoms with van der Waals surface area (Å²) in [7, 11) is 0. The number of rotatable bonds is 6. The van der Waals surface area contributed by atoms with E-state index in [-0.39, 0.29) is 5.91 Å². The Bertz CT molecular complexity index is 693. The van der Waals surface area contributed by atoms with Crippen molar-refractivity contribution in [3.8, 4) is 0 Å². The molecule has 2 N–H and O–H groups in total. The van der Waals surface area contributed by atoms with Crippen LogP contribution >= 0.6 is 0 Å². The summed E-state index contributed by atoms with van der Waals surface area (Å²) in [6.45, 7) is 3.76. The maximum absolute atomic E-state index is 12.4. The highest BCUT2D eigenvalue weighted by molar-refractivity contribution is 5.95. The number of nitrogens with one attached hydrogen (secondary N) is 1. The van der Waals surface area contributed by atoms with E-state index in [0.717, 1.165) is 11.1 Å². The first-order chi connectivity index (χ1) is 10.9. The summed E-state index contributed by atoms with van der Waals surface area (Å²) in [5.74, 6) is -1.07. The predicted molar refractivity (Wildman–Crippen MR) is 89.2 cm³/mol. The van der Waals surface area contributed by atoms with Gasteiger partial charge in [0.2, 0.25) is 0 Å². The van der Waals surface area contributed by atoms with Crippen LogP contribution in [0.2, 0.25) is 0 Å². The average Bonchev–Trinajstić information content (AvgIpc) is 2.53. The van der Waals surface area contributed by atoms with Gasteiger partial charge in [-0.15, -0.1) is 0 Å². The first kappa shape index (κ1) is 16.7. The third-order valence-electron chi connectivity index (χ3n) is 3.77. The minimum Gasteiger partial charge on any atom is -0.481 e. The number of carboxylic acid groups (broad SMARTS) is 1. The van der Waals surface area contributed by atoms with Gasteiger partial charge in [0.15, 0.2) is 0 Å². The molecule has 0 fully saturated rings. The third kappa shape index (κ3) is 4.42. The van der Waals surface area contributed by atoms with Crippen molar-refractivity contribution in [2.24, 2.45) is 5.41 Å². The summed E-state index contributed by atoms with van der Waals surface area (Å²) in [6, 6.07) is 16.8. The Labute approximate surface area is 136 Å². The highest BCUT2D eigenvalue weighted by Gasteiger charge is 2.29. The van der Waals surface area contributed by atoms with E-state index in [2.05, 4.69) is 5.32 Å². The largest absolute Gasteiger partial charge is 0.481 e. The van der Waals surface area contributed by atoms with Gasteiger partial charge in [0, 0.05) is 12.1 Å². The van der Waals surface area contributed by atoms with E-state index < -0.39 is 11.4 Å². The summed E-state index contributed by atoms with van der Waals surface area (Å²) in [5, 5.41) is 12.2. The van der Waals surface area contributed by atoms with Gasteiger partial charge in [-0.1, -0.05) is 48.5 Å². The van der Waals surface area contributed by atoms with Crippen molar-refractivity contribution in [3.63, 3.8) is 0 Å². The lowest BCUT2D eigenvalue weighted by atomic mass is 9.84. The minimum atomic E-state index is -0.921. The Morgan fingerprint density at radius 2 is 1.61 bits per heavy atom. The average molecular weight is 311 g/mol. The van der Waals surface area contributed by atoms with Crippen LogP contribution < -0.4 is 5.32 Å². The van der Waals surface area contributed by atoms with E-state index in [1.165, 1.54) is 0 Å². The molecule has 0 atom stereocenters. The summed E-state index contributed by atoms with van der Waals surface area (Å²) < 4.78 is 0. The number of carbonyl (C=O) groups excluding carboxylic acids is 1. The molecule has 2 aromatic rings. The molecule has 2 rings (SSSR count). The Morgan fingerprint density at radius 1 is 1.00 bits per heavy atom. The smallest absolute Gasteiger partial charge is 0.309 e. The summed E-state index contributed by atoms with van der Waals surface area (Å²) in [4.78, 5) is 23.8. The lowest BCUT2D eigenvalue weighted by molar-refractivity contribution is -0.146. The molecule has 0 radical (unpaired) electrons. The normalized spacial score (nSPS) is 11.0. The van der Waals surface area contributed by atoms with Crippen LogP contribution in [0.1, 0.15) is 35.3 Å². The first-order valence-electron chi connectivity index (χ1n) is 7.53. The van der Waals surface area contributed by atoms with Crippen molar-refractivity contribution in [2.75, 3.05) is 0 Å². The molecule has 0 unspecified atom stereocenters. The SMILES string of the molecule is CC(C)(Cc1ccccc1C(=O)NCc1ccccc1)C(=O)O. The zero-order valence-corrected chi connectivity index (χ0v) is 13.4. The Balaban J connectivity index is 2.13. The van der Waals surface area contributed by atoms with Crippen LogP contribution in [0.3, 0.4) is 0 Å². The van der Waals surface area contributed by atoms with Crippen LogP contribution in [0, 0.1) is 5.41 Å². The van der Waals surface area contributed by atoms with Crippen LogP contribution in [-0.4, -0.2) is 17.0 Å². The van der Waals surface area contributed by atoms with Crippen molar-refractivity contribution < 1.29 is 14.7 Å². The van der Waals surface area contributed by atoms with Gasteiger partial charge in [-0.3, -0.25) is 9.59 Å². The summed E-state index contributed by atoms with van der Waals surface area (Å²) in [5.41, 5.74) is 1.36. The number of hydrogen-bond donors (Lipinski definition) is 2. The molecule has 0 saturated heterocycles. The standard InChI is InChI=1S/C19H21NO3/c1-19(2,18(22)23)12-15-10-6-7-11-16(15)17(21)20-13-14-8-4-3-5-9-14/h3-11H,12-13H2,1-2H3,(H,20,21)(H,22,23). The van der Waals surface area contributed by atoms with Gasteiger partial charge in [0.05, 0.1) is 5.41 Å². The van der Waals surface area contributed by atoms with Crippen molar-refractivity contribution in [1.82, 2.24) is 5.32 Å². The topological polar surface area (TPSA) is 66.4 Å². The minimum absolute atomic E-state index is 0.189. The molecule has 0 aromatic heterocycles. The van der Waals surface area contributed by atoms with Crippen LogP contribution in [0.4, 0.5) is 0 Å². The molecule has 4 heteroatoms. The quantitative estimate of drug-likeness (QED) is 0.860. The van der Waals surface area contributed by atoms with Crippen LogP contribution in [0.15, 0.2) is 54.6 Å². The van der Waals surface area contributed by atoms with Gasteiger partial charge in [-0.25, -0.2) is 0 Å². The second-order valence-corrected chi connectivity index (χ2v) is 6.19. The molecule has 0 aliphatic rings. The van der Waals surface area contributed by atoms with E-state index in [1.807, 2.05) is 42.5 Å². The number of carbonyl (C=O) groups is 2. The van der Waals surface area contributed by atoms with Gasteiger partial charge in [0.1, 0.15) is 0 Å². The van der Waals surface area contributed by atoms with Crippen molar-refractivity contribution in [3.05, 3.63) is 71.3 Å². The molecule has 2 aromatic carbocycles. The van der Waals surface area contributed by atoms with E-state index in [1.54, 1.807) is 26.0 Å². The van der Waals surface area contributed by atoms with E-state index in [9.17, 15) is 14.7 Å². The molecular weight excluding hydrogens is 290 g/mol. The zero-order chi connectivity index (χ0) is 16.9. The number of hydrogen-bond acceptors (Lipinski definition) is 2. The van der Waals surface area contributed by atoms with Crippen molar-refractivity contribution in [1.29, 1.82) is 0 Å². The van der Waals surface area contributed by atoms with Gasteiger partial charge >= 0.3 is 5.97 Å². The molecule has 0 heterocycles. The van der Waals surface area contributed by atoms with E-state index >= 15 is 0 Å². The first-order valence-corrected chi connectivity index (χ1v) is 7.53. The van der Waals surface area contributed by atoms with Gasteiger partial charge in [-0.2, -0.15) is 0 Å². The number of aliphatic carboxylic acids is 1. The molecule has 0 bridgehead atoms. The van der Waals surface area contributed by atoms with Crippen LogP contribution in [0.5, 0.6) is 0 Å². The van der Waals surface area contributed by atoms with Crippen LogP contribution in [0.25, 0.3) is 0 Å². The lowest BCUT2D eigenvalue weighted by Crippen LogP contribution is -2.29.